The van der Waals surface area contributed by atoms with E-state index >= 15 is 0 Å². The van der Waals surface area contributed by atoms with Crippen LogP contribution in [0, 0.1) is 3.57 Å². The first-order chi connectivity index (χ1) is 8.58. The minimum Gasteiger partial charge on any atom is -0.366 e. The maximum absolute atomic E-state index is 11.8. The second kappa shape index (κ2) is 5.30. The Morgan fingerprint density at radius 3 is 2.94 bits per heavy atom. The van der Waals surface area contributed by atoms with Gasteiger partial charge in [0.25, 0.3) is 5.56 Å². The molecule has 2 N–H and O–H groups in total. The Kier molecular flexibility index (Phi) is 3.75. The van der Waals surface area contributed by atoms with Crippen molar-refractivity contribution in [3.05, 3.63) is 61.8 Å². The summed E-state index contributed by atoms with van der Waals surface area (Å²) in [5.41, 5.74) is 6.37. The summed E-state index contributed by atoms with van der Waals surface area (Å²) < 4.78 is 2.04. The highest BCUT2D eigenvalue weighted by Gasteiger charge is 2.04. The van der Waals surface area contributed by atoms with E-state index in [1.807, 2.05) is 28.7 Å². The number of carbonyl (C=O) groups excluding carboxylic acids is 1. The van der Waals surface area contributed by atoms with Crippen LogP contribution in [0.3, 0.4) is 0 Å². The fraction of sp³-hybridized carbons (Fsp3) is 0.0833. The molecule has 0 unspecified atom stereocenters. The number of aromatic nitrogens is 2. The van der Waals surface area contributed by atoms with Gasteiger partial charge in [0.2, 0.25) is 5.91 Å². The largest absolute Gasteiger partial charge is 0.366 e. The number of hydrogen-bond acceptors (Lipinski definition) is 3. The Morgan fingerprint density at radius 1 is 1.44 bits per heavy atom. The first-order valence-electron chi connectivity index (χ1n) is 5.16. The lowest BCUT2D eigenvalue weighted by Gasteiger charge is -2.06. The number of halogens is 1. The van der Waals surface area contributed by atoms with Crippen molar-refractivity contribution in [2.45, 2.75) is 6.54 Å². The Balaban J connectivity index is 2.34. The highest BCUT2D eigenvalue weighted by atomic mass is 127. The molecule has 1 amide bonds. The van der Waals surface area contributed by atoms with Gasteiger partial charge in [0.1, 0.15) is 0 Å². The molecule has 0 bridgehead atoms. The van der Waals surface area contributed by atoms with Crippen molar-refractivity contribution in [1.29, 1.82) is 0 Å². The lowest BCUT2D eigenvalue weighted by atomic mass is 10.1. The lowest BCUT2D eigenvalue weighted by Crippen LogP contribution is -2.23. The third-order valence-corrected chi connectivity index (χ3v) is 3.16. The molecule has 18 heavy (non-hydrogen) atoms. The summed E-state index contributed by atoms with van der Waals surface area (Å²) in [6.07, 6.45) is 2.99. The van der Waals surface area contributed by atoms with Crippen LogP contribution >= 0.6 is 22.6 Å². The number of nitrogens with zero attached hydrogens (tertiary/aromatic N) is 2. The van der Waals surface area contributed by atoms with Gasteiger partial charge in [0.15, 0.2) is 0 Å². The molecule has 0 atom stereocenters. The van der Waals surface area contributed by atoms with Gasteiger partial charge in [0.05, 0.1) is 16.4 Å². The van der Waals surface area contributed by atoms with Crippen molar-refractivity contribution < 1.29 is 4.79 Å². The Hall–Kier alpha value is -1.70. The molecule has 92 valence electrons. The molecule has 0 radical (unpaired) electrons. The molecule has 0 aliphatic carbocycles. The van der Waals surface area contributed by atoms with Crippen molar-refractivity contribution in [2.75, 3.05) is 0 Å². The van der Waals surface area contributed by atoms with Crippen LogP contribution in [0.15, 0.2) is 41.6 Å². The minimum absolute atomic E-state index is 0.102. The summed E-state index contributed by atoms with van der Waals surface area (Å²) in [5, 5.41) is 0. The summed E-state index contributed by atoms with van der Waals surface area (Å²) in [7, 11) is 0. The van der Waals surface area contributed by atoms with E-state index < -0.39 is 5.91 Å². The fourth-order valence-corrected chi connectivity index (χ4v) is 2.03. The minimum atomic E-state index is -0.482. The van der Waals surface area contributed by atoms with Gasteiger partial charge >= 0.3 is 0 Å². The molecule has 0 saturated heterocycles. The topological polar surface area (TPSA) is 78.0 Å². The van der Waals surface area contributed by atoms with Crippen LogP contribution in [0.4, 0.5) is 0 Å². The zero-order valence-electron chi connectivity index (χ0n) is 9.34. The van der Waals surface area contributed by atoms with Crippen molar-refractivity contribution in [3.63, 3.8) is 0 Å². The molecule has 1 aromatic heterocycles. The number of rotatable bonds is 3. The van der Waals surface area contributed by atoms with Crippen LogP contribution < -0.4 is 11.3 Å². The van der Waals surface area contributed by atoms with E-state index in [2.05, 4.69) is 4.98 Å². The van der Waals surface area contributed by atoms with Crippen LogP contribution in [0.25, 0.3) is 0 Å². The monoisotopic (exact) mass is 355 g/mol. The normalized spacial score (nSPS) is 10.3. The number of amides is 1. The standard InChI is InChI=1S/C12H10IN3O2/c13-10-5-15-7-16(12(10)18)6-8-2-1-3-9(4-8)11(14)17/h1-5,7H,6H2,(H2,14,17). The SMILES string of the molecule is NC(=O)c1cccc(Cn2cncc(I)c2=O)c1. The van der Waals surface area contributed by atoms with Gasteiger partial charge in [-0.1, -0.05) is 12.1 Å². The van der Waals surface area contributed by atoms with Gasteiger partial charge in [-0.25, -0.2) is 4.98 Å². The summed E-state index contributed by atoms with van der Waals surface area (Å²) in [5.74, 6) is -0.482. The van der Waals surface area contributed by atoms with E-state index in [9.17, 15) is 9.59 Å². The zero-order valence-corrected chi connectivity index (χ0v) is 11.5. The quantitative estimate of drug-likeness (QED) is 0.835. The van der Waals surface area contributed by atoms with Crippen molar-refractivity contribution in [2.24, 2.45) is 5.73 Å². The molecule has 0 aliphatic heterocycles. The molecular formula is C12H10IN3O2. The highest BCUT2D eigenvalue weighted by Crippen LogP contribution is 2.06. The van der Waals surface area contributed by atoms with E-state index in [-0.39, 0.29) is 5.56 Å². The summed E-state index contributed by atoms with van der Waals surface area (Å²) in [6.45, 7) is 0.365. The fourth-order valence-electron chi connectivity index (χ4n) is 1.56. The van der Waals surface area contributed by atoms with Gasteiger partial charge in [-0.3, -0.25) is 14.2 Å². The smallest absolute Gasteiger partial charge is 0.267 e. The predicted molar refractivity (Wildman–Crippen MR) is 75.3 cm³/mol. The Morgan fingerprint density at radius 2 is 2.22 bits per heavy atom. The van der Waals surface area contributed by atoms with Crippen molar-refractivity contribution >= 4 is 28.5 Å². The van der Waals surface area contributed by atoms with Gasteiger partial charge in [0, 0.05) is 11.8 Å². The molecule has 2 rings (SSSR count). The lowest BCUT2D eigenvalue weighted by molar-refractivity contribution is 0.1000. The molecule has 2 aromatic rings. The van der Waals surface area contributed by atoms with E-state index in [0.717, 1.165) is 5.56 Å². The second-order valence-corrected chi connectivity index (χ2v) is 4.90. The Labute approximate surface area is 117 Å². The van der Waals surface area contributed by atoms with E-state index in [0.29, 0.717) is 15.7 Å². The third-order valence-electron chi connectivity index (χ3n) is 2.42. The molecule has 1 aromatic carbocycles. The van der Waals surface area contributed by atoms with E-state index in [4.69, 9.17) is 5.73 Å². The van der Waals surface area contributed by atoms with Gasteiger partial charge in [-0.15, -0.1) is 0 Å². The average molecular weight is 355 g/mol. The molecule has 0 saturated carbocycles. The average Bonchev–Trinajstić information content (AvgIpc) is 2.35. The number of primary amides is 1. The van der Waals surface area contributed by atoms with Gasteiger partial charge < -0.3 is 5.73 Å². The Bertz CT molecular complexity index is 652. The third kappa shape index (κ3) is 2.76. The van der Waals surface area contributed by atoms with E-state index in [1.165, 1.54) is 17.1 Å². The maximum Gasteiger partial charge on any atom is 0.267 e. The number of nitrogens with two attached hydrogens (primary N) is 1. The maximum atomic E-state index is 11.8. The van der Waals surface area contributed by atoms with Crippen LogP contribution in [-0.2, 0) is 6.54 Å². The van der Waals surface area contributed by atoms with Crippen LogP contribution in [0.2, 0.25) is 0 Å². The zero-order chi connectivity index (χ0) is 13.1. The van der Waals surface area contributed by atoms with Gasteiger partial charge in [-0.05, 0) is 40.3 Å². The predicted octanol–water partition coefficient (Wildman–Crippen LogP) is 0.995. The highest BCUT2D eigenvalue weighted by molar-refractivity contribution is 14.1. The summed E-state index contributed by atoms with van der Waals surface area (Å²) in [4.78, 5) is 26.8. The molecule has 5 nitrogen and oxygen atoms in total. The van der Waals surface area contributed by atoms with Crippen LogP contribution in [-0.4, -0.2) is 15.5 Å². The van der Waals surface area contributed by atoms with Gasteiger partial charge in [-0.2, -0.15) is 0 Å². The number of carbonyl (C=O) groups is 1. The molecule has 0 spiro atoms. The second-order valence-electron chi connectivity index (χ2n) is 3.74. The summed E-state index contributed by atoms with van der Waals surface area (Å²) >= 11 is 1.94. The van der Waals surface area contributed by atoms with Crippen LogP contribution in [0.1, 0.15) is 15.9 Å². The number of hydrogen-bond donors (Lipinski definition) is 1. The molecule has 6 heteroatoms. The van der Waals surface area contributed by atoms with E-state index in [1.54, 1.807) is 18.2 Å². The first kappa shape index (κ1) is 12.7. The molecule has 0 aliphatic rings. The number of benzene rings is 1. The molecule has 1 heterocycles. The molecule has 0 fully saturated rings. The first-order valence-corrected chi connectivity index (χ1v) is 6.24. The van der Waals surface area contributed by atoms with Crippen molar-refractivity contribution in [1.82, 2.24) is 9.55 Å². The summed E-state index contributed by atoms with van der Waals surface area (Å²) in [6, 6.07) is 6.89. The molecular weight excluding hydrogens is 345 g/mol. The van der Waals surface area contributed by atoms with Crippen LogP contribution in [0.5, 0.6) is 0 Å². The van der Waals surface area contributed by atoms with Crippen molar-refractivity contribution in [3.8, 4) is 0 Å².